The molecule has 2 aromatic rings. The Kier molecular flexibility index (Phi) is 4.93. The van der Waals surface area contributed by atoms with Crippen LogP contribution in [0.2, 0.25) is 0 Å². The van der Waals surface area contributed by atoms with Crippen LogP contribution in [0.1, 0.15) is 19.4 Å². The highest BCUT2D eigenvalue weighted by atomic mass is 32.2. The maximum Gasteiger partial charge on any atom is 0.123 e. The van der Waals surface area contributed by atoms with Gasteiger partial charge in [0.2, 0.25) is 0 Å². The molecule has 4 heteroatoms. The van der Waals surface area contributed by atoms with E-state index < -0.39 is 0 Å². The lowest BCUT2D eigenvalue weighted by Crippen LogP contribution is -2.22. The second-order valence-corrected chi connectivity index (χ2v) is 5.62. The maximum absolute atomic E-state index is 13.4. The summed E-state index contributed by atoms with van der Waals surface area (Å²) in [6.45, 7) is 4.81. The molecule has 1 aromatic heterocycles. The summed E-state index contributed by atoms with van der Waals surface area (Å²) >= 11 is 1.56. The van der Waals surface area contributed by atoms with E-state index in [1.807, 2.05) is 24.3 Å². The normalized spacial score (nSPS) is 10.9. The summed E-state index contributed by atoms with van der Waals surface area (Å²) in [7, 11) is 0. The Morgan fingerprint density at radius 1 is 1.26 bits per heavy atom. The van der Waals surface area contributed by atoms with E-state index >= 15 is 0 Å². The van der Waals surface area contributed by atoms with Crippen LogP contribution in [0.25, 0.3) is 0 Å². The number of aromatic nitrogens is 1. The maximum atomic E-state index is 13.4. The molecular weight excluding hydrogens is 259 g/mol. The molecule has 0 amide bonds. The highest BCUT2D eigenvalue weighted by molar-refractivity contribution is 7.99. The number of rotatable bonds is 5. The highest BCUT2D eigenvalue weighted by Crippen LogP contribution is 2.29. The van der Waals surface area contributed by atoms with E-state index in [4.69, 9.17) is 0 Å². The van der Waals surface area contributed by atoms with Crippen LogP contribution >= 0.6 is 11.8 Å². The zero-order chi connectivity index (χ0) is 13.7. The van der Waals surface area contributed by atoms with Crippen molar-refractivity contribution in [2.24, 2.45) is 0 Å². The predicted molar refractivity (Wildman–Crippen MR) is 76.7 cm³/mol. The number of nitrogens with zero attached hydrogens (tertiary/aromatic N) is 1. The van der Waals surface area contributed by atoms with Crippen molar-refractivity contribution in [3.63, 3.8) is 0 Å². The smallest absolute Gasteiger partial charge is 0.123 e. The second kappa shape index (κ2) is 6.68. The van der Waals surface area contributed by atoms with Gasteiger partial charge in [-0.15, -0.1) is 0 Å². The fraction of sp³-hybridized carbons (Fsp3) is 0.267. The monoisotopic (exact) mass is 276 g/mol. The van der Waals surface area contributed by atoms with Crippen LogP contribution < -0.4 is 5.32 Å². The molecule has 0 aliphatic rings. The molecule has 0 spiro atoms. The van der Waals surface area contributed by atoms with Gasteiger partial charge in [0.25, 0.3) is 0 Å². The van der Waals surface area contributed by atoms with Crippen LogP contribution in [0.5, 0.6) is 0 Å². The summed E-state index contributed by atoms with van der Waals surface area (Å²) in [6, 6.07) is 11.0. The van der Waals surface area contributed by atoms with Gasteiger partial charge in [-0.2, -0.15) is 0 Å². The van der Waals surface area contributed by atoms with E-state index in [1.165, 1.54) is 6.07 Å². The molecule has 0 aliphatic carbocycles. The molecule has 0 aliphatic heterocycles. The van der Waals surface area contributed by atoms with Crippen LogP contribution in [0, 0.1) is 5.82 Å². The molecule has 2 nitrogen and oxygen atoms in total. The molecule has 1 heterocycles. The molecule has 0 bridgehead atoms. The second-order valence-electron chi connectivity index (χ2n) is 4.56. The predicted octanol–water partition coefficient (Wildman–Crippen LogP) is 3.87. The van der Waals surface area contributed by atoms with Crippen LogP contribution in [-0.4, -0.2) is 11.0 Å². The first-order valence-corrected chi connectivity index (χ1v) is 7.07. The lowest BCUT2D eigenvalue weighted by molar-refractivity contribution is 0.576. The first kappa shape index (κ1) is 14.0. The number of pyridine rings is 1. The van der Waals surface area contributed by atoms with Crippen molar-refractivity contribution in [2.75, 3.05) is 0 Å². The zero-order valence-electron chi connectivity index (χ0n) is 11.1. The average molecular weight is 276 g/mol. The zero-order valence-corrected chi connectivity index (χ0v) is 11.9. The van der Waals surface area contributed by atoms with E-state index in [2.05, 4.69) is 24.1 Å². The summed E-state index contributed by atoms with van der Waals surface area (Å²) < 4.78 is 13.4. The number of hydrogen-bond acceptors (Lipinski definition) is 3. The molecule has 0 fully saturated rings. The van der Waals surface area contributed by atoms with Crippen molar-refractivity contribution in [2.45, 2.75) is 36.4 Å². The van der Waals surface area contributed by atoms with Gasteiger partial charge in [0.05, 0.1) is 0 Å². The van der Waals surface area contributed by atoms with Crippen molar-refractivity contribution in [3.05, 3.63) is 54.0 Å². The Balaban J connectivity index is 2.19. The largest absolute Gasteiger partial charge is 0.310 e. The Morgan fingerprint density at radius 3 is 2.79 bits per heavy atom. The first-order valence-electron chi connectivity index (χ1n) is 6.26. The standard InChI is InChI=1S/C15H17FN2S/c1-11(2)18-10-12-9-13(16)6-7-14(12)19-15-5-3-4-8-17-15/h3-9,11,18H,10H2,1-2H3. The summed E-state index contributed by atoms with van der Waals surface area (Å²) in [5, 5.41) is 4.23. The van der Waals surface area contributed by atoms with Gasteiger partial charge in [0, 0.05) is 23.7 Å². The lowest BCUT2D eigenvalue weighted by Gasteiger charge is -2.12. The molecule has 1 aromatic carbocycles. The molecule has 1 N–H and O–H groups in total. The van der Waals surface area contributed by atoms with Crippen molar-refractivity contribution >= 4 is 11.8 Å². The third kappa shape index (κ3) is 4.33. The van der Waals surface area contributed by atoms with Crippen molar-refractivity contribution in [1.82, 2.24) is 10.3 Å². The minimum absolute atomic E-state index is 0.203. The molecule has 2 rings (SSSR count). The Bertz CT molecular complexity index is 529. The van der Waals surface area contributed by atoms with Crippen molar-refractivity contribution in [3.8, 4) is 0 Å². The van der Waals surface area contributed by atoms with Gasteiger partial charge in [-0.1, -0.05) is 31.7 Å². The fourth-order valence-corrected chi connectivity index (χ4v) is 2.50. The summed E-state index contributed by atoms with van der Waals surface area (Å²) in [6.07, 6.45) is 1.76. The first-order chi connectivity index (χ1) is 9.15. The number of halogens is 1. The van der Waals surface area contributed by atoms with E-state index in [9.17, 15) is 4.39 Å². The fourth-order valence-electron chi connectivity index (χ4n) is 1.62. The minimum atomic E-state index is -0.203. The topological polar surface area (TPSA) is 24.9 Å². The Morgan fingerprint density at radius 2 is 2.11 bits per heavy atom. The SMILES string of the molecule is CC(C)NCc1cc(F)ccc1Sc1ccccn1. The molecule has 0 saturated carbocycles. The van der Waals surface area contributed by atoms with Gasteiger partial charge in [0.1, 0.15) is 10.8 Å². The third-order valence-electron chi connectivity index (χ3n) is 2.58. The molecule has 19 heavy (non-hydrogen) atoms. The summed E-state index contributed by atoms with van der Waals surface area (Å²) in [5.41, 5.74) is 0.962. The van der Waals surface area contributed by atoms with Crippen molar-refractivity contribution < 1.29 is 4.39 Å². The van der Waals surface area contributed by atoms with E-state index in [1.54, 1.807) is 24.0 Å². The highest BCUT2D eigenvalue weighted by Gasteiger charge is 2.07. The third-order valence-corrected chi connectivity index (χ3v) is 3.64. The van der Waals surface area contributed by atoms with E-state index in [0.29, 0.717) is 12.6 Å². The molecular formula is C15H17FN2S. The summed E-state index contributed by atoms with van der Waals surface area (Å²) in [5.74, 6) is -0.203. The summed E-state index contributed by atoms with van der Waals surface area (Å²) in [4.78, 5) is 5.32. The molecule has 0 saturated heterocycles. The molecule has 100 valence electrons. The van der Waals surface area contributed by atoms with E-state index in [-0.39, 0.29) is 5.82 Å². The van der Waals surface area contributed by atoms with Gasteiger partial charge in [-0.3, -0.25) is 0 Å². The van der Waals surface area contributed by atoms with Crippen molar-refractivity contribution in [1.29, 1.82) is 0 Å². The molecule has 0 unspecified atom stereocenters. The van der Waals surface area contributed by atoms with Crippen LogP contribution in [-0.2, 0) is 6.54 Å². The number of nitrogens with one attached hydrogen (secondary N) is 1. The number of benzene rings is 1. The van der Waals surface area contributed by atoms with Gasteiger partial charge >= 0.3 is 0 Å². The van der Waals surface area contributed by atoms with Gasteiger partial charge < -0.3 is 5.32 Å². The van der Waals surface area contributed by atoms with Crippen LogP contribution in [0.15, 0.2) is 52.5 Å². The Labute approximate surface area is 117 Å². The molecule has 0 radical (unpaired) electrons. The minimum Gasteiger partial charge on any atom is -0.310 e. The average Bonchev–Trinajstić information content (AvgIpc) is 2.40. The van der Waals surface area contributed by atoms with Gasteiger partial charge in [-0.25, -0.2) is 9.37 Å². The number of hydrogen-bond donors (Lipinski definition) is 1. The van der Waals surface area contributed by atoms with Gasteiger partial charge in [-0.05, 0) is 35.9 Å². The lowest BCUT2D eigenvalue weighted by atomic mass is 10.2. The van der Waals surface area contributed by atoms with Crippen LogP contribution in [0.4, 0.5) is 4.39 Å². The van der Waals surface area contributed by atoms with Gasteiger partial charge in [0.15, 0.2) is 0 Å². The Hall–Kier alpha value is -1.39. The van der Waals surface area contributed by atoms with Crippen LogP contribution in [0.3, 0.4) is 0 Å². The van der Waals surface area contributed by atoms with E-state index in [0.717, 1.165) is 15.5 Å². The molecule has 0 atom stereocenters. The quantitative estimate of drug-likeness (QED) is 0.897.